The Labute approximate surface area is 459 Å². The van der Waals surface area contributed by atoms with Crippen LogP contribution in [0, 0.1) is 17.8 Å². The molecule has 0 aliphatic carbocycles. The van der Waals surface area contributed by atoms with Crippen molar-refractivity contribution in [3.8, 4) is 0 Å². The highest BCUT2D eigenvalue weighted by atomic mass is 16.2. The largest absolute Gasteiger partial charge is 0.355 e. The van der Waals surface area contributed by atoms with E-state index in [2.05, 4.69) is 73.4 Å². The van der Waals surface area contributed by atoms with Crippen LogP contribution in [0.2, 0.25) is 0 Å². The number of hydrogen-bond donors (Lipinski definition) is 6. The summed E-state index contributed by atoms with van der Waals surface area (Å²) in [5, 5.41) is 20.5. The van der Waals surface area contributed by atoms with Crippen LogP contribution in [0.4, 0.5) is 51.2 Å². The van der Waals surface area contributed by atoms with E-state index < -0.39 is 0 Å². The third-order valence-corrected chi connectivity index (χ3v) is 13.5. The van der Waals surface area contributed by atoms with Gasteiger partial charge in [0.15, 0.2) is 17.3 Å². The van der Waals surface area contributed by atoms with Gasteiger partial charge in [-0.25, -0.2) is 0 Å². The third-order valence-electron chi connectivity index (χ3n) is 13.5. The molecular formula is C66H72N6O6. The highest BCUT2D eigenvalue weighted by molar-refractivity contribution is 6.07. The predicted molar refractivity (Wildman–Crippen MR) is 319 cm³/mol. The summed E-state index contributed by atoms with van der Waals surface area (Å²) in [5.74, 6) is -1.23. The summed E-state index contributed by atoms with van der Waals surface area (Å²) in [6.07, 6.45) is 0. The third kappa shape index (κ3) is 13.7. The quantitative estimate of drug-likeness (QED) is 0.0383. The first-order chi connectivity index (χ1) is 37.1. The van der Waals surface area contributed by atoms with Crippen LogP contribution < -0.4 is 31.9 Å². The second-order valence-corrected chi connectivity index (χ2v) is 21.6. The molecule has 78 heavy (non-hydrogen) atoms. The van der Waals surface area contributed by atoms with E-state index in [0.29, 0.717) is 50.4 Å². The number of anilines is 9. The molecule has 0 aromatic heterocycles. The molecule has 12 nitrogen and oxygen atoms in total. The highest BCUT2D eigenvalue weighted by Gasteiger charge is 2.29. The van der Waals surface area contributed by atoms with Gasteiger partial charge in [0, 0.05) is 119 Å². The van der Waals surface area contributed by atoms with Gasteiger partial charge in [0.1, 0.15) is 0 Å². The van der Waals surface area contributed by atoms with Crippen LogP contribution in [0.25, 0.3) is 0 Å². The molecule has 0 spiro atoms. The average Bonchev–Trinajstić information content (AvgIpc) is 3.54. The molecule has 0 unspecified atom stereocenters. The number of carbonyl (C=O) groups is 6. The van der Waals surface area contributed by atoms with E-state index in [1.165, 1.54) is 0 Å². The number of carbonyl (C=O) groups excluding carboxylic acids is 6. The van der Waals surface area contributed by atoms with E-state index in [9.17, 15) is 28.8 Å². The van der Waals surface area contributed by atoms with Gasteiger partial charge < -0.3 is 31.9 Å². The summed E-state index contributed by atoms with van der Waals surface area (Å²) < 4.78 is 0. The van der Waals surface area contributed by atoms with E-state index in [1.807, 2.05) is 114 Å². The maximum absolute atomic E-state index is 13.4. The molecule has 3 amide bonds. The fourth-order valence-electron chi connectivity index (χ4n) is 9.26. The number of rotatable bonds is 21. The minimum Gasteiger partial charge on any atom is -0.355 e. The van der Waals surface area contributed by atoms with Gasteiger partial charge in [-0.15, -0.1) is 0 Å². The Morgan fingerprint density at radius 3 is 0.615 bits per heavy atom. The van der Waals surface area contributed by atoms with Crippen molar-refractivity contribution in [3.05, 3.63) is 196 Å². The van der Waals surface area contributed by atoms with Crippen molar-refractivity contribution in [2.24, 2.45) is 17.8 Å². The van der Waals surface area contributed by atoms with Crippen LogP contribution in [0.15, 0.2) is 146 Å². The first-order valence-corrected chi connectivity index (χ1v) is 26.8. The van der Waals surface area contributed by atoms with Crippen molar-refractivity contribution in [1.29, 1.82) is 0 Å². The van der Waals surface area contributed by atoms with Crippen molar-refractivity contribution < 1.29 is 28.8 Å². The maximum atomic E-state index is 13.4. The first kappa shape index (κ1) is 57.1. The van der Waals surface area contributed by atoms with Crippen molar-refractivity contribution in [2.75, 3.05) is 31.9 Å². The molecule has 402 valence electrons. The smallest absolute Gasteiger partial charge is 0.255 e. The fraction of sp³-hybridized carbons (Fsp3) is 0.273. The van der Waals surface area contributed by atoms with Gasteiger partial charge in [0.25, 0.3) is 17.7 Å². The van der Waals surface area contributed by atoms with Crippen LogP contribution in [-0.4, -0.2) is 35.1 Å². The minimum absolute atomic E-state index is 0.00963. The standard InChI is InChI=1S/C66H72N6O6/c1-37(2)55-58(67-49-25-31-52(32-26-49)70-64(76)46-19-13-43(14-20-46)61(73)40(7)8)56(38(3)4)60(69-51-29-35-54(36-30-51)72-66(78)48-23-17-45(18-24-48)63(75)42(11)12)57(39(5)6)59(55)68-50-27-33-53(34-28-50)71-65(77)47-21-15-44(16-22-47)62(74)41(9)10/h13-42,67-69H,1-12H3,(H,70,76)(H,71,77)(H,72,78). The lowest BCUT2D eigenvalue weighted by Gasteiger charge is -2.32. The molecule has 12 heteroatoms. The zero-order valence-corrected chi connectivity index (χ0v) is 46.8. The molecule has 0 fully saturated rings. The Morgan fingerprint density at radius 2 is 0.436 bits per heavy atom. The maximum Gasteiger partial charge on any atom is 0.255 e. The minimum atomic E-state index is -0.291. The molecule has 0 aliphatic heterocycles. The number of hydrogen-bond acceptors (Lipinski definition) is 9. The number of ketones is 3. The van der Waals surface area contributed by atoms with Gasteiger partial charge in [-0.2, -0.15) is 0 Å². The number of amides is 3. The van der Waals surface area contributed by atoms with Gasteiger partial charge in [0.2, 0.25) is 0 Å². The SMILES string of the molecule is CC(C)C(=O)c1ccc(C(=O)Nc2ccc(Nc3c(C(C)C)c(Nc4ccc(NC(=O)c5ccc(C(=O)C(C)C)cc5)cc4)c(C(C)C)c(Nc4ccc(NC(=O)c5ccc(C(=O)C(C)C)cc5)cc4)c3C(C)C)cc2)cc1. The predicted octanol–water partition coefficient (Wildman–Crippen LogP) is 16.6. The second kappa shape index (κ2) is 25.0. The summed E-state index contributed by atoms with van der Waals surface area (Å²) in [6.45, 7) is 24.1. The van der Waals surface area contributed by atoms with Crippen LogP contribution in [0.5, 0.6) is 0 Å². The van der Waals surface area contributed by atoms with E-state index in [-0.39, 0.29) is 70.6 Å². The van der Waals surface area contributed by atoms with Crippen LogP contribution >= 0.6 is 0 Å². The average molecular weight is 1050 g/mol. The molecule has 0 aliphatic rings. The van der Waals surface area contributed by atoms with E-state index in [1.54, 1.807) is 72.8 Å². The van der Waals surface area contributed by atoms with E-state index in [4.69, 9.17) is 0 Å². The molecule has 0 saturated carbocycles. The summed E-state index contributed by atoms with van der Waals surface area (Å²) in [4.78, 5) is 77.6. The lowest BCUT2D eigenvalue weighted by atomic mass is 9.82. The molecule has 0 atom stereocenters. The normalized spacial score (nSPS) is 11.3. The summed E-state index contributed by atoms with van der Waals surface area (Å²) >= 11 is 0. The number of benzene rings is 7. The Balaban J connectivity index is 1.23. The van der Waals surface area contributed by atoms with Crippen LogP contribution in [-0.2, 0) is 0 Å². The fourth-order valence-corrected chi connectivity index (χ4v) is 9.26. The van der Waals surface area contributed by atoms with Crippen LogP contribution in [0.1, 0.15) is 180 Å². The van der Waals surface area contributed by atoms with Gasteiger partial charge in [-0.1, -0.05) is 119 Å². The van der Waals surface area contributed by atoms with Crippen molar-refractivity contribution in [1.82, 2.24) is 0 Å². The van der Waals surface area contributed by atoms with Crippen molar-refractivity contribution in [3.63, 3.8) is 0 Å². The molecule has 0 saturated heterocycles. The van der Waals surface area contributed by atoms with E-state index >= 15 is 0 Å². The lowest BCUT2D eigenvalue weighted by Crippen LogP contribution is -2.15. The Kier molecular flexibility index (Phi) is 18.3. The lowest BCUT2D eigenvalue weighted by molar-refractivity contribution is 0.0932. The first-order valence-electron chi connectivity index (χ1n) is 26.8. The molecule has 0 bridgehead atoms. The molecule has 7 aromatic rings. The van der Waals surface area contributed by atoms with Gasteiger partial charge in [-0.3, -0.25) is 28.8 Å². The molecular weight excluding hydrogens is 973 g/mol. The molecule has 7 aromatic carbocycles. The summed E-state index contributed by atoms with van der Waals surface area (Å²) in [6, 6.07) is 42.9. The van der Waals surface area contributed by atoms with Gasteiger partial charge in [-0.05, 0) is 127 Å². The van der Waals surface area contributed by atoms with Gasteiger partial charge in [0.05, 0.1) is 0 Å². The summed E-state index contributed by atoms with van der Waals surface area (Å²) in [7, 11) is 0. The van der Waals surface area contributed by atoms with Crippen molar-refractivity contribution in [2.45, 2.75) is 101 Å². The molecule has 0 radical (unpaired) electrons. The molecule has 0 heterocycles. The van der Waals surface area contributed by atoms with Crippen LogP contribution in [0.3, 0.4) is 0 Å². The molecule has 6 N–H and O–H groups in total. The summed E-state index contributed by atoms with van der Waals surface area (Å²) in [5.41, 5.74) is 13.1. The zero-order chi connectivity index (χ0) is 56.5. The number of nitrogens with one attached hydrogen (secondary N) is 6. The second-order valence-electron chi connectivity index (χ2n) is 21.6. The monoisotopic (exact) mass is 1040 g/mol. The van der Waals surface area contributed by atoms with Gasteiger partial charge >= 0.3 is 0 Å². The highest BCUT2D eigenvalue weighted by Crippen LogP contribution is 2.51. The molecule has 7 rings (SSSR count). The Bertz CT molecular complexity index is 2930. The topological polar surface area (TPSA) is 175 Å². The Morgan fingerprint density at radius 1 is 0.256 bits per heavy atom. The van der Waals surface area contributed by atoms with Crippen molar-refractivity contribution >= 4 is 86.3 Å². The number of Topliss-reactive ketones (excluding diaryl/α,β-unsaturated/α-hetero) is 3. The van der Waals surface area contributed by atoms with E-state index in [0.717, 1.165) is 50.8 Å². The zero-order valence-electron chi connectivity index (χ0n) is 46.8. The Hall–Kier alpha value is -8.64.